The van der Waals surface area contributed by atoms with E-state index in [2.05, 4.69) is 25.6 Å². The lowest BCUT2D eigenvalue weighted by molar-refractivity contribution is 0.0823. The maximum atomic E-state index is 12.7. The third-order valence-electron chi connectivity index (χ3n) is 3.52. The van der Waals surface area contributed by atoms with Gasteiger partial charge in [-0.3, -0.25) is 9.48 Å². The molecule has 2 heterocycles. The van der Waals surface area contributed by atoms with E-state index in [1.165, 1.54) is 35.4 Å². The zero-order chi connectivity index (χ0) is 22.6. The monoisotopic (exact) mass is 392 g/mol. The molecule has 0 aliphatic heterocycles. The number of anilines is 2. The molecule has 0 saturated heterocycles. The third-order valence-corrected chi connectivity index (χ3v) is 3.52. The van der Waals surface area contributed by atoms with Crippen LogP contribution >= 0.6 is 0 Å². The van der Waals surface area contributed by atoms with Crippen molar-refractivity contribution >= 4 is 17.3 Å². The van der Waals surface area contributed by atoms with Crippen molar-refractivity contribution in [1.82, 2.24) is 30.3 Å². The Morgan fingerprint density at radius 3 is 2.93 bits per heavy atom. The minimum absolute atomic E-state index is 0.0456. The van der Waals surface area contributed by atoms with E-state index in [0.717, 1.165) is 0 Å². The van der Waals surface area contributed by atoms with Gasteiger partial charge in [-0.15, -0.1) is 5.10 Å². The first-order valence-electron chi connectivity index (χ1n) is 9.44. The van der Waals surface area contributed by atoms with Gasteiger partial charge in [0.15, 0.2) is 11.5 Å². The standard InChI is InChI=1S/C17H17F2N7O2/c1-20-17(27)15-12(5-6-22-24-15)23-11-4-3-10(16-21-9-26(2)25-16)7-13(11)28-8-14(18)19/h3-7,9,14H,8H2,1-2H3,(H,20,27)(H,22,23)/i1D3. The molecular formula is C17H17F2N7O2. The molecule has 146 valence electrons. The summed E-state index contributed by atoms with van der Waals surface area (Å²) in [6.07, 6.45) is 0.0488. The van der Waals surface area contributed by atoms with Crippen molar-refractivity contribution in [2.24, 2.45) is 7.05 Å². The lowest BCUT2D eigenvalue weighted by Crippen LogP contribution is -2.21. The second-order valence-electron chi connectivity index (χ2n) is 5.53. The van der Waals surface area contributed by atoms with Crippen LogP contribution in [-0.4, -0.2) is 50.9 Å². The predicted molar refractivity (Wildman–Crippen MR) is 96.6 cm³/mol. The number of nitrogens with zero attached hydrogens (tertiary/aromatic N) is 5. The molecule has 0 aliphatic rings. The number of nitrogens with one attached hydrogen (secondary N) is 2. The van der Waals surface area contributed by atoms with E-state index < -0.39 is 25.9 Å². The molecule has 1 amide bonds. The normalized spacial score (nSPS) is 12.8. The van der Waals surface area contributed by atoms with Gasteiger partial charge in [-0.05, 0) is 24.3 Å². The van der Waals surface area contributed by atoms with Crippen LogP contribution in [0.25, 0.3) is 11.4 Å². The van der Waals surface area contributed by atoms with Crippen LogP contribution in [0.3, 0.4) is 0 Å². The highest BCUT2D eigenvalue weighted by Crippen LogP contribution is 2.32. The molecule has 0 saturated carbocycles. The number of hydrogen-bond acceptors (Lipinski definition) is 7. The van der Waals surface area contributed by atoms with E-state index in [0.29, 0.717) is 11.4 Å². The van der Waals surface area contributed by atoms with Crippen molar-refractivity contribution in [2.45, 2.75) is 6.43 Å². The number of alkyl halides is 2. The molecule has 28 heavy (non-hydrogen) atoms. The Morgan fingerprint density at radius 2 is 2.21 bits per heavy atom. The van der Waals surface area contributed by atoms with Crippen LogP contribution in [0.1, 0.15) is 14.6 Å². The van der Waals surface area contributed by atoms with Gasteiger partial charge in [-0.1, -0.05) is 0 Å². The summed E-state index contributed by atoms with van der Waals surface area (Å²) in [5.74, 6) is -0.580. The fourth-order valence-electron chi connectivity index (χ4n) is 2.31. The molecule has 0 spiro atoms. The molecule has 0 bridgehead atoms. The molecule has 2 aromatic heterocycles. The van der Waals surface area contributed by atoms with Gasteiger partial charge in [-0.2, -0.15) is 10.2 Å². The van der Waals surface area contributed by atoms with Gasteiger partial charge in [0.05, 0.1) is 17.6 Å². The summed E-state index contributed by atoms with van der Waals surface area (Å²) in [6.45, 7) is -3.59. The van der Waals surface area contributed by atoms with Crippen molar-refractivity contribution in [1.29, 1.82) is 0 Å². The minimum atomic E-state index is -2.73. The van der Waals surface area contributed by atoms with Crippen LogP contribution in [0.15, 0.2) is 36.8 Å². The number of carbonyl (C=O) groups excluding carboxylic acids is 1. The van der Waals surface area contributed by atoms with E-state index in [9.17, 15) is 13.6 Å². The number of halogens is 2. The molecule has 1 aromatic carbocycles. The molecule has 11 heteroatoms. The minimum Gasteiger partial charge on any atom is -0.485 e. The Bertz CT molecular complexity index is 1080. The second kappa shape index (κ2) is 8.37. The highest BCUT2D eigenvalue weighted by atomic mass is 19.3. The van der Waals surface area contributed by atoms with E-state index >= 15 is 0 Å². The maximum absolute atomic E-state index is 12.7. The summed E-state index contributed by atoms with van der Waals surface area (Å²) >= 11 is 0. The summed E-state index contributed by atoms with van der Waals surface area (Å²) in [6, 6.07) is 6.01. The van der Waals surface area contributed by atoms with Gasteiger partial charge >= 0.3 is 0 Å². The highest BCUT2D eigenvalue weighted by molar-refractivity contribution is 5.98. The first kappa shape index (κ1) is 15.4. The van der Waals surface area contributed by atoms with Crippen LogP contribution in [0.2, 0.25) is 0 Å². The summed E-state index contributed by atoms with van der Waals surface area (Å²) in [4.78, 5) is 16.4. The van der Waals surface area contributed by atoms with Gasteiger partial charge < -0.3 is 15.4 Å². The molecule has 0 aliphatic carbocycles. The average molecular weight is 392 g/mol. The molecule has 2 N–H and O–H groups in total. The van der Waals surface area contributed by atoms with Crippen molar-refractivity contribution in [3.63, 3.8) is 0 Å². The lowest BCUT2D eigenvalue weighted by atomic mass is 10.1. The first-order valence-corrected chi connectivity index (χ1v) is 7.94. The van der Waals surface area contributed by atoms with Crippen LogP contribution < -0.4 is 15.4 Å². The Labute approximate surface area is 163 Å². The maximum Gasteiger partial charge on any atom is 0.273 e. The molecule has 0 radical (unpaired) electrons. The summed E-state index contributed by atoms with van der Waals surface area (Å²) in [7, 11) is 1.68. The van der Waals surface area contributed by atoms with E-state index in [1.807, 2.05) is 5.32 Å². The Balaban J connectivity index is 1.94. The number of ether oxygens (including phenoxy) is 1. The highest BCUT2D eigenvalue weighted by Gasteiger charge is 2.16. The van der Waals surface area contributed by atoms with Gasteiger partial charge in [-0.25, -0.2) is 13.8 Å². The number of aryl methyl sites for hydroxylation is 1. The summed E-state index contributed by atoms with van der Waals surface area (Å²) in [5.41, 5.74) is 0.552. The average Bonchev–Trinajstić information content (AvgIpc) is 3.12. The van der Waals surface area contributed by atoms with Crippen molar-refractivity contribution in [3.05, 3.63) is 42.5 Å². The fourth-order valence-corrected chi connectivity index (χ4v) is 2.31. The van der Waals surface area contributed by atoms with Crippen LogP contribution in [0.5, 0.6) is 5.75 Å². The van der Waals surface area contributed by atoms with Crippen molar-refractivity contribution < 1.29 is 22.4 Å². The van der Waals surface area contributed by atoms with Gasteiger partial charge in [0.1, 0.15) is 18.7 Å². The third kappa shape index (κ3) is 4.37. The summed E-state index contributed by atoms with van der Waals surface area (Å²) < 4.78 is 53.7. The molecule has 3 rings (SSSR count). The van der Waals surface area contributed by atoms with Gasteiger partial charge in [0, 0.05) is 23.7 Å². The lowest BCUT2D eigenvalue weighted by Gasteiger charge is -2.15. The molecule has 0 atom stereocenters. The van der Waals surface area contributed by atoms with E-state index in [4.69, 9.17) is 8.85 Å². The number of hydrogen-bond donors (Lipinski definition) is 2. The Hall–Kier alpha value is -3.63. The van der Waals surface area contributed by atoms with E-state index in [1.54, 1.807) is 13.1 Å². The Kier molecular flexibility index (Phi) is 4.61. The second-order valence-corrected chi connectivity index (χ2v) is 5.53. The van der Waals surface area contributed by atoms with Crippen LogP contribution in [0, 0.1) is 0 Å². The zero-order valence-electron chi connectivity index (χ0n) is 17.6. The summed E-state index contributed by atoms with van der Waals surface area (Å²) in [5, 5.41) is 16.1. The Morgan fingerprint density at radius 1 is 1.36 bits per heavy atom. The quantitative estimate of drug-likeness (QED) is 0.633. The van der Waals surface area contributed by atoms with Crippen LogP contribution in [-0.2, 0) is 7.05 Å². The molecule has 3 aromatic rings. The molecule has 0 fully saturated rings. The van der Waals surface area contributed by atoms with Gasteiger partial charge in [0.2, 0.25) is 0 Å². The SMILES string of the molecule is [2H]C([2H])([2H])NC(=O)c1nnccc1Nc1ccc(-c2ncn(C)n2)cc1OCC(F)F. The van der Waals surface area contributed by atoms with Crippen molar-refractivity contribution in [3.8, 4) is 17.1 Å². The zero-order valence-corrected chi connectivity index (χ0v) is 14.6. The van der Waals surface area contributed by atoms with Crippen molar-refractivity contribution in [2.75, 3.05) is 18.9 Å². The molecular weight excluding hydrogens is 372 g/mol. The number of carbonyl (C=O) groups is 1. The predicted octanol–water partition coefficient (Wildman–Crippen LogP) is 2.02. The largest absolute Gasteiger partial charge is 0.485 e. The van der Waals surface area contributed by atoms with Gasteiger partial charge in [0.25, 0.3) is 12.3 Å². The smallest absolute Gasteiger partial charge is 0.273 e. The number of rotatable bonds is 7. The topological polar surface area (TPSA) is 107 Å². The number of amides is 1. The first-order chi connectivity index (χ1) is 14.6. The number of benzene rings is 1. The van der Waals surface area contributed by atoms with E-state index in [-0.39, 0.29) is 22.8 Å². The van der Waals surface area contributed by atoms with Crippen LogP contribution in [0.4, 0.5) is 20.2 Å². The molecule has 9 nitrogen and oxygen atoms in total. The number of aromatic nitrogens is 5. The fraction of sp³-hybridized carbons (Fsp3) is 0.235. The molecule has 0 unspecified atom stereocenters.